The van der Waals surface area contributed by atoms with E-state index in [1.165, 1.54) is 81.3 Å². The molecule has 3 aliphatic rings. The van der Waals surface area contributed by atoms with Gasteiger partial charge in [0.2, 0.25) is 5.95 Å². The van der Waals surface area contributed by atoms with E-state index < -0.39 is 0 Å². The summed E-state index contributed by atoms with van der Waals surface area (Å²) >= 11 is 0. The third-order valence-electron chi connectivity index (χ3n) is 6.51. The smallest absolute Gasteiger partial charge is 0.222 e. The second-order valence-electron chi connectivity index (χ2n) is 8.22. The van der Waals surface area contributed by atoms with E-state index in [4.69, 9.17) is 15.7 Å². The number of rotatable bonds is 1. The van der Waals surface area contributed by atoms with Crippen LogP contribution >= 0.6 is 0 Å². The monoisotopic (exact) mass is 343 g/mol. The fraction of sp³-hybridized carbons (Fsp3) is 0.800. The number of nitrogens with zero attached hydrogens (tertiary/aromatic N) is 3. The van der Waals surface area contributed by atoms with Crippen molar-refractivity contribution in [1.82, 2.24) is 15.3 Å². The third-order valence-corrected chi connectivity index (χ3v) is 6.51. The summed E-state index contributed by atoms with van der Waals surface area (Å²) in [5, 5.41) is 3.54. The van der Waals surface area contributed by atoms with Crippen LogP contribution in [0.25, 0.3) is 0 Å². The summed E-state index contributed by atoms with van der Waals surface area (Å²) in [5.74, 6) is 1.66. The first kappa shape index (κ1) is 17.1. The topological polar surface area (TPSA) is 67.1 Å². The highest BCUT2D eigenvalue weighted by Gasteiger charge is 2.42. The standard InChI is InChI=1S/C20H33N5/c21-19-23-17-16(8-7-11-20(17)9-1-2-10-20)18(24-19)25-14-5-3-12-22-13-4-6-15-25/h22H,1-15H2,(H2,21,23,24). The molecule has 1 aromatic rings. The van der Waals surface area contributed by atoms with Crippen molar-refractivity contribution >= 4 is 11.8 Å². The van der Waals surface area contributed by atoms with E-state index in [2.05, 4.69) is 10.2 Å². The van der Waals surface area contributed by atoms with E-state index in [1.54, 1.807) is 0 Å². The molecule has 0 amide bonds. The van der Waals surface area contributed by atoms with Crippen molar-refractivity contribution < 1.29 is 0 Å². The molecular formula is C20H33N5. The van der Waals surface area contributed by atoms with E-state index in [9.17, 15) is 0 Å². The van der Waals surface area contributed by atoms with Gasteiger partial charge in [-0.05, 0) is 70.9 Å². The lowest BCUT2D eigenvalue weighted by Crippen LogP contribution is -2.35. The molecule has 138 valence electrons. The molecule has 1 saturated carbocycles. The first-order valence-corrected chi connectivity index (χ1v) is 10.4. The Bertz CT molecular complexity index is 584. The normalized spacial score (nSPS) is 24.2. The number of aromatic nitrogens is 2. The summed E-state index contributed by atoms with van der Waals surface area (Å²) in [6.07, 6.45) is 13.9. The van der Waals surface area contributed by atoms with Crippen molar-refractivity contribution in [2.75, 3.05) is 36.8 Å². The molecule has 25 heavy (non-hydrogen) atoms. The number of nitrogens with one attached hydrogen (secondary N) is 1. The van der Waals surface area contributed by atoms with Crippen molar-refractivity contribution in [2.24, 2.45) is 0 Å². The van der Waals surface area contributed by atoms with Gasteiger partial charge >= 0.3 is 0 Å². The maximum absolute atomic E-state index is 6.21. The highest BCUT2D eigenvalue weighted by molar-refractivity contribution is 5.55. The van der Waals surface area contributed by atoms with E-state index in [0.29, 0.717) is 11.4 Å². The number of hydrogen-bond acceptors (Lipinski definition) is 5. The maximum Gasteiger partial charge on any atom is 0.222 e. The van der Waals surface area contributed by atoms with Crippen molar-refractivity contribution in [3.63, 3.8) is 0 Å². The number of nitrogen functional groups attached to an aromatic ring is 1. The van der Waals surface area contributed by atoms with Crippen molar-refractivity contribution in [2.45, 2.75) is 76.0 Å². The van der Waals surface area contributed by atoms with Gasteiger partial charge in [0.05, 0.1) is 5.69 Å². The molecule has 4 rings (SSSR count). The van der Waals surface area contributed by atoms with Gasteiger partial charge in [-0.3, -0.25) is 0 Å². The molecule has 1 spiro atoms. The Morgan fingerprint density at radius 1 is 0.840 bits per heavy atom. The first-order valence-electron chi connectivity index (χ1n) is 10.4. The Balaban J connectivity index is 1.67. The summed E-state index contributed by atoms with van der Waals surface area (Å²) in [6.45, 7) is 4.47. The number of hydrogen-bond donors (Lipinski definition) is 2. The minimum atomic E-state index is 0.306. The molecule has 5 nitrogen and oxygen atoms in total. The Morgan fingerprint density at radius 2 is 1.52 bits per heavy atom. The van der Waals surface area contributed by atoms with Crippen molar-refractivity contribution in [3.8, 4) is 0 Å². The molecule has 0 bridgehead atoms. The second-order valence-corrected chi connectivity index (χ2v) is 8.22. The molecule has 0 aromatic carbocycles. The minimum absolute atomic E-state index is 0.306. The average Bonchev–Trinajstić information content (AvgIpc) is 3.09. The summed E-state index contributed by atoms with van der Waals surface area (Å²) in [5.41, 5.74) is 9.26. The van der Waals surface area contributed by atoms with Crippen molar-refractivity contribution in [1.29, 1.82) is 0 Å². The molecule has 0 radical (unpaired) electrons. The Labute approximate surface area is 151 Å². The zero-order valence-corrected chi connectivity index (χ0v) is 15.5. The quantitative estimate of drug-likeness (QED) is 0.820. The molecular weight excluding hydrogens is 310 g/mol. The van der Waals surface area contributed by atoms with Crippen LogP contribution in [0, 0.1) is 0 Å². The van der Waals surface area contributed by atoms with Crippen LogP contribution in [0.3, 0.4) is 0 Å². The fourth-order valence-corrected chi connectivity index (χ4v) is 5.23. The predicted octanol–water partition coefficient (Wildman–Crippen LogP) is 3.18. The average molecular weight is 344 g/mol. The number of anilines is 2. The van der Waals surface area contributed by atoms with Crippen LogP contribution in [0.4, 0.5) is 11.8 Å². The van der Waals surface area contributed by atoms with E-state index in [1.807, 2.05) is 0 Å². The van der Waals surface area contributed by atoms with Gasteiger partial charge in [0, 0.05) is 24.1 Å². The molecule has 5 heteroatoms. The second kappa shape index (κ2) is 7.48. The van der Waals surface area contributed by atoms with Gasteiger partial charge in [0.25, 0.3) is 0 Å². The van der Waals surface area contributed by atoms with Gasteiger partial charge in [0.15, 0.2) is 0 Å². The van der Waals surface area contributed by atoms with Crippen LogP contribution in [0.5, 0.6) is 0 Å². The molecule has 1 saturated heterocycles. The van der Waals surface area contributed by atoms with Crippen LogP contribution in [-0.4, -0.2) is 36.1 Å². The minimum Gasteiger partial charge on any atom is -0.368 e. The molecule has 3 N–H and O–H groups in total. The lowest BCUT2D eigenvalue weighted by atomic mass is 9.71. The predicted molar refractivity (Wildman–Crippen MR) is 103 cm³/mol. The molecule has 2 fully saturated rings. The largest absolute Gasteiger partial charge is 0.368 e. The summed E-state index contributed by atoms with van der Waals surface area (Å²) in [7, 11) is 0. The Kier molecular flexibility index (Phi) is 5.11. The third kappa shape index (κ3) is 3.48. The first-order chi connectivity index (χ1) is 12.3. The number of fused-ring (bicyclic) bond motifs is 2. The Morgan fingerprint density at radius 3 is 2.24 bits per heavy atom. The van der Waals surface area contributed by atoms with E-state index in [-0.39, 0.29) is 0 Å². The summed E-state index contributed by atoms with van der Waals surface area (Å²) in [4.78, 5) is 12.1. The summed E-state index contributed by atoms with van der Waals surface area (Å²) in [6, 6.07) is 0. The Hall–Kier alpha value is -1.36. The van der Waals surface area contributed by atoms with E-state index >= 15 is 0 Å². The lowest BCUT2D eigenvalue weighted by Gasteiger charge is -2.37. The zero-order chi connectivity index (χ0) is 17.1. The van der Waals surface area contributed by atoms with Gasteiger partial charge in [0.1, 0.15) is 5.82 Å². The molecule has 2 heterocycles. The van der Waals surface area contributed by atoms with Gasteiger partial charge < -0.3 is 16.0 Å². The van der Waals surface area contributed by atoms with Crippen LogP contribution in [0.1, 0.15) is 75.5 Å². The fourth-order valence-electron chi connectivity index (χ4n) is 5.23. The molecule has 2 aliphatic carbocycles. The van der Waals surface area contributed by atoms with Gasteiger partial charge in [-0.15, -0.1) is 0 Å². The van der Waals surface area contributed by atoms with Crippen LogP contribution in [0.2, 0.25) is 0 Å². The lowest BCUT2D eigenvalue weighted by molar-refractivity contribution is 0.357. The highest BCUT2D eigenvalue weighted by atomic mass is 15.2. The SMILES string of the molecule is Nc1nc(N2CCCCNCCCC2)c2c(n1)C1(CCCC1)CCC2. The van der Waals surface area contributed by atoms with Gasteiger partial charge in [-0.1, -0.05) is 12.8 Å². The maximum atomic E-state index is 6.21. The zero-order valence-electron chi connectivity index (χ0n) is 15.5. The van der Waals surface area contributed by atoms with Crippen molar-refractivity contribution in [3.05, 3.63) is 11.3 Å². The molecule has 0 unspecified atom stereocenters. The van der Waals surface area contributed by atoms with Gasteiger partial charge in [-0.2, -0.15) is 4.98 Å². The molecule has 1 aromatic heterocycles. The molecule has 1 aliphatic heterocycles. The van der Waals surface area contributed by atoms with Gasteiger partial charge in [-0.25, -0.2) is 4.98 Å². The summed E-state index contributed by atoms with van der Waals surface area (Å²) < 4.78 is 0. The number of nitrogens with two attached hydrogens (primary N) is 1. The molecule has 0 atom stereocenters. The van der Waals surface area contributed by atoms with Crippen LogP contribution < -0.4 is 16.0 Å². The van der Waals surface area contributed by atoms with Crippen LogP contribution in [0.15, 0.2) is 0 Å². The van der Waals surface area contributed by atoms with E-state index in [0.717, 1.165) is 32.6 Å². The van der Waals surface area contributed by atoms with Crippen LogP contribution in [-0.2, 0) is 11.8 Å². The highest BCUT2D eigenvalue weighted by Crippen LogP contribution is 2.49.